The average molecular weight is 487 g/mol. The largest absolute Gasteiger partial charge is 0.335 e. The number of hydrogen-bond donors (Lipinski definition) is 1. The van der Waals surface area contributed by atoms with Crippen LogP contribution in [-0.4, -0.2) is 35.0 Å². The first-order chi connectivity index (χ1) is 15.3. The molecular formula is C22H19ClN4O3S2. The minimum absolute atomic E-state index is 0.0202. The molecule has 0 saturated carbocycles. The maximum atomic E-state index is 13.3. The molecule has 1 amide bonds. The number of fused-ring (bicyclic) bond motifs is 1. The van der Waals surface area contributed by atoms with Crippen molar-refractivity contribution in [3.8, 4) is 0 Å². The fraction of sp³-hybridized carbons (Fsp3) is 0.136. The van der Waals surface area contributed by atoms with Crippen molar-refractivity contribution in [2.24, 2.45) is 0 Å². The molecule has 32 heavy (non-hydrogen) atoms. The lowest BCUT2D eigenvalue weighted by Gasteiger charge is -2.26. The van der Waals surface area contributed by atoms with E-state index in [1.807, 2.05) is 37.3 Å². The van der Waals surface area contributed by atoms with E-state index in [1.54, 1.807) is 30.1 Å². The third-order valence-corrected chi connectivity index (χ3v) is 7.35. The number of nitrogens with zero attached hydrogens (tertiary/aromatic N) is 3. The van der Waals surface area contributed by atoms with Gasteiger partial charge in [0.25, 0.3) is 15.9 Å². The lowest BCUT2D eigenvalue weighted by Crippen LogP contribution is -2.30. The molecule has 10 heteroatoms. The van der Waals surface area contributed by atoms with E-state index in [2.05, 4.69) is 13.5 Å². The summed E-state index contributed by atoms with van der Waals surface area (Å²) >= 11 is 7.06. The molecule has 7 nitrogen and oxygen atoms in total. The summed E-state index contributed by atoms with van der Waals surface area (Å²) in [7, 11) is -2.38. The van der Waals surface area contributed by atoms with Crippen molar-refractivity contribution in [3.05, 3.63) is 82.9 Å². The Bertz CT molecular complexity index is 1390. The molecule has 3 aromatic carbocycles. The Morgan fingerprint density at radius 3 is 2.56 bits per heavy atom. The van der Waals surface area contributed by atoms with Gasteiger partial charge < -0.3 is 4.90 Å². The summed E-state index contributed by atoms with van der Waals surface area (Å²) in [5, 5.41) is 0.298. The Kier molecular flexibility index (Phi) is 6.14. The molecule has 0 aliphatic carbocycles. The molecular weight excluding hydrogens is 468 g/mol. The summed E-state index contributed by atoms with van der Waals surface area (Å²) in [5.74, 6) is -0.343. The summed E-state index contributed by atoms with van der Waals surface area (Å²) in [6.07, 6.45) is 0. The first-order valence-corrected chi connectivity index (χ1v) is 12.2. The van der Waals surface area contributed by atoms with Crippen LogP contribution in [0.2, 0.25) is 5.02 Å². The van der Waals surface area contributed by atoms with Gasteiger partial charge in [0.15, 0.2) is 0 Å². The average Bonchev–Trinajstić information content (AvgIpc) is 3.27. The first-order valence-electron chi connectivity index (χ1n) is 9.63. The van der Waals surface area contributed by atoms with Crippen LogP contribution in [-0.2, 0) is 10.0 Å². The molecule has 0 saturated heterocycles. The third kappa shape index (κ3) is 4.32. The van der Waals surface area contributed by atoms with Crippen LogP contribution in [0.3, 0.4) is 0 Å². The first kappa shape index (κ1) is 22.2. The Labute approximate surface area is 195 Å². The molecule has 0 bridgehead atoms. The Hall–Kier alpha value is -3.01. The van der Waals surface area contributed by atoms with E-state index in [1.165, 1.54) is 18.2 Å². The van der Waals surface area contributed by atoms with Crippen LogP contribution in [0.1, 0.15) is 28.9 Å². The lowest BCUT2D eigenvalue weighted by molar-refractivity contribution is 0.0743. The molecule has 1 atom stereocenters. The molecule has 0 aliphatic heterocycles. The van der Waals surface area contributed by atoms with Crippen LogP contribution in [0.5, 0.6) is 0 Å². The predicted molar refractivity (Wildman–Crippen MR) is 127 cm³/mol. The van der Waals surface area contributed by atoms with Crippen molar-refractivity contribution in [1.29, 1.82) is 0 Å². The molecule has 0 unspecified atom stereocenters. The van der Waals surface area contributed by atoms with Crippen molar-refractivity contribution in [3.63, 3.8) is 0 Å². The number of sulfonamides is 1. The zero-order chi connectivity index (χ0) is 22.9. The van der Waals surface area contributed by atoms with Crippen molar-refractivity contribution < 1.29 is 13.2 Å². The summed E-state index contributed by atoms with van der Waals surface area (Å²) in [4.78, 5) is 14.8. The van der Waals surface area contributed by atoms with Gasteiger partial charge in [0.2, 0.25) is 0 Å². The van der Waals surface area contributed by atoms with Crippen LogP contribution < -0.4 is 4.72 Å². The lowest BCUT2D eigenvalue weighted by atomic mass is 10.1. The molecule has 0 fully saturated rings. The van der Waals surface area contributed by atoms with Gasteiger partial charge in [0, 0.05) is 12.1 Å². The normalized spacial score (nSPS) is 12.5. The van der Waals surface area contributed by atoms with Crippen LogP contribution in [0.25, 0.3) is 11.0 Å². The Morgan fingerprint density at radius 2 is 1.81 bits per heavy atom. The number of carbonyl (C=O) groups is 1. The minimum atomic E-state index is -4.06. The fourth-order valence-corrected chi connectivity index (χ4v) is 5.32. The van der Waals surface area contributed by atoms with E-state index in [0.717, 1.165) is 17.3 Å². The minimum Gasteiger partial charge on any atom is -0.335 e. The molecule has 0 radical (unpaired) electrons. The second-order valence-corrected chi connectivity index (χ2v) is 9.80. The van der Waals surface area contributed by atoms with Gasteiger partial charge in [-0.1, -0.05) is 48.0 Å². The van der Waals surface area contributed by atoms with Crippen molar-refractivity contribution in [1.82, 2.24) is 13.6 Å². The van der Waals surface area contributed by atoms with E-state index in [4.69, 9.17) is 11.6 Å². The number of aromatic nitrogens is 2. The number of hydrogen-bond acceptors (Lipinski definition) is 6. The van der Waals surface area contributed by atoms with Crippen LogP contribution in [0.4, 0.5) is 5.69 Å². The molecule has 0 aliphatic rings. The second-order valence-electron chi connectivity index (χ2n) is 7.19. The standard InChI is InChI=1S/C22H19ClN4O3S2/c1-14(15-7-4-3-5-8-15)27(2)22(28)17-12-11-16(23)13-19(17)26-32(29,30)20-10-6-9-18-21(20)25-31-24-18/h3-14,26H,1-2H3/t14-/m1/s1. The number of carbonyl (C=O) groups excluding carboxylic acids is 1. The Balaban J connectivity index is 1.69. The van der Waals surface area contributed by atoms with Crippen molar-refractivity contribution in [2.75, 3.05) is 11.8 Å². The highest BCUT2D eigenvalue weighted by Crippen LogP contribution is 2.29. The van der Waals surface area contributed by atoms with Crippen molar-refractivity contribution in [2.45, 2.75) is 17.9 Å². The number of halogens is 1. The third-order valence-electron chi connectivity index (χ3n) is 5.18. The zero-order valence-corrected chi connectivity index (χ0v) is 19.6. The molecule has 1 heterocycles. The second kappa shape index (κ2) is 8.85. The van der Waals surface area contributed by atoms with Gasteiger partial charge in [-0.15, -0.1) is 0 Å². The molecule has 4 rings (SSSR count). The fourth-order valence-electron chi connectivity index (χ4n) is 3.31. The number of amides is 1. The van der Waals surface area contributed by atoms with Gasteiger partial charge in [-0.2, -0.15) is 8.75 Å². The van der Waals surface area contributed by atoms with E-state index in [0.29, 0.717) is 10.5 Å². The van der Waals surface area contributed by atoms with Crippen LogP contribution in [0.15, 0.2) is 71.6 Å². The van der Waals surface area contributed by atoms with E-state index in [9.17, 15) is 13.2 Å². The highest BCUT2D eigenvalue weighted by Gasteiger charge is 2.25. The topological polar surface area (TPSA) is 92.3 Å². The van der Waals surface area contributed by atoms with Gasteiger partial charge in [-0.05, 0) is 42.8 Å². The van der Waals surface area contributed by atoms with Crippen molar-refractivity contribution >= 4 is 56.0 Å². The Morgan fingerprint density at radius 1 is 1.06 bits per heavy atom. The highest BCUT2D eigenvalue weighted by molar-refractivity contribution is 7.93. The smallest absolute Gasteiger partial charge is 0.264 e. The molecule has 0 spiro atoms. The van der Waals surface area contributed by atoms with E-state index < -0.39 is 10.0 Å². The number of rotatable bonds is 6. The quantitative estimate of drug-likeness (QED) is 0.415. The maximum absolute atomic E-state index is 13.3. The number of anilines is 1. The van der Waals surface area contributed by atoms with E-state index >= 15 is 0 Å². The number of nitrogens with one attached hydrogen (secondary N) is 1. The molecule has 1 aromatic heterocycles. The summed E-state index contributed by atoms with van der Waals surface area (Å²) in [5.41, 5.74) is 2.00. The summed E-state index contributed by atoms with van der Waals surface area (Å²) in [6, 6.07) is 18.6. The zero-order valence-electron chi connectivity index (χ0n) is 17.2. The van der Waals surface area contributed by atoms with Gasteiger partial charge in [-0.25, -0.2) is 8.42 Å². The maximum Gasteiger partial charge on any atom is 0.264 e. The molecule has 164 valence electrons. The predicted octanol–water partition coefficient (Wildman–Crippen LogP) is 4.98. The summed E-state index contributed by atoms with van der Waals surface area (Å²) < 4.78 is 37.1. The molecule has 1 N–H and O–H groups in total. The SMILES string of the molecule is C[C@H](c1ccccc1)N(C)C(=O)c1ccc(Cl)cc1NS(=O)(=O)c1cccc2nsnc12. The van der Waals surface area contributed by atoms with Crippen LogP contribution >= 0.6 is 23.3 Å². The summed E-state index contributed by atoms with van der Waals surface area (Å²) in [6.45, 7) is 1.91. The van der Waals surface area contributed by atoms with Crippen LogP contribution in [0, 0.1) is 0 Å². The van der Waals surface area contributed by atoms with Gasteiger partial charge in [-0.3, -0.25) is 9.52 Å². The molecule has 4 aromatic rings. The number of benzene rings is 3. The van der Waals surface area contributed by atoms with Gasteiger partial charge >= 0.3 is 0 Å². The van der Waals surface area contributed by atoms with Gasteiger partial charge in [0.1, 0.15) is 15.9 Å². The van der Waals surface area contributed by atoms with E-state index in [-0.39, 0.29) is 33.6 Å². The van der Waals surface area contributed by atoms with Gasteiger partial charge in [0.05, 0.1) is 29.0 Å². The monoisotopic (exact) mass is 486 g/mol. The highest BCUT2D eigenvalue weighted by atomic mass is 35.5.